The van der Waals surface area contributed by atoms with Gasteiger partial charge in [0.25, 0.3) is 0 Å². The van der Waals surface area contributed by atoms with Gasteiger partial charge in [0, 0.05) is 25.0 Å². The molecular formula is C14H24N6. The van der Waals surface area contributed by atoms with Crippen LogP contribution in [-0.4, -0.2) is 40.9 Å². The molecule has 3 N–H and O–H groups in total. The molecule has 6 nitrogen and oxygen atoms in total. The Morgan fingerprint density at radius 2 is 2.25 bits per heavy atom. The van der Waals surface area contributed by atoms with Crippen molar-refractivity contribution in [2.24, 2.45) is 21.2 Å². The van der Waals surface area contributed by atoms with E-state index in [4.69, 9.17) is 5.73 Å². The number of rotatable bonds is 2. The van der Waals surface area contributed by atoms with Gasteiger partial charge in [-0.2, -0.15) is 5.10 Å². The Morgan fingerprint density at radius 3 is 2.95 bits per heavy atom. The standard InChI is InChI=1S/C14H24N6/c1-4-11-8-16-9-12-17-18-14(15,20(11)12)19-7-5-6-13(2,3)10-19/h8-9,18H,4-7,10,15H2,1-3H3. The van der Waals surface area contributed by atoms with Crippen molar-refractivity contribution < 1.29 is 0 Å². The zero-order valence-corrected chi connectivity index (χ0v) is 12.6. The zero-order chi connectivity index (χ0) is 14.4. The minimum atomic E-state index is -0.763. The second-order valence-corrected chi connectivity index (χ2v) is 6.58. The lowest BCUT2D eigenvalue weighted by molar-refractivity contribution is -0.0561. The molecule has 1 unspecified atom stereocenters. The van der Waals surface area contributed by atoms with Crippen LogP contribution in [0.15, 0.2) is 22.0 Å². The van der Waals surface area contributed by atoms with Crippen LogP contribution in [-0.2, 0) is 0 Å². The molecule has 1 saturated heterocycles. The first-order valence-electron chi connectivity index (χ1n) is 7.37. The van der Waals surface area contributed by atoms with Gasteiger partial charge in [-0.25, -0.2) is 4.90 Å². The van der Waals surface area contributed by atoms with Crippen LogP contribution < -0.4 is 11.2 Å². The molecule has 0 radical (unpaired) electrons. The van der Waals surface area contributed by atoms with E-state index >= 15 is 0 Å². The Labute approximate surface area is 120 Å². The summed E-state index contributed by atoms with van der Waals surface area (Å²) in [6.07, 6.45) is 6.92. The van der Waals surface area contributed by atoms with Crippen molar-refractivity contribution >= 4 is 12.1 Å². The maximum absolute atomic E-state index is 6.70. The third kappa shape index (κ3) is 2.03. The summed E-state index contributed by atoms with van der Waals surface area (Å²) in [7, 11) is 0. The fourth-order valence-electron chi connectivity index (χ4n) is 3.29. The van der Waals surface area contributed by atoms with E-state index in [9.17, 15) is 0 Å². The van der Waals surface area contributed by atoms with E-state index in [1.807, 2.05) is 6.20 Å². The molecular weight excluding hydrogens is 252 g/mol. The van der Waals surface area contributed by atoms with Gasteiger partial charge in [0.05, 0.1) is 6.21 Å². The maximum Gasteiger partial charge on any atom is 0.247 e. The number of nitrogens with one attached hydrogen (secondary N) is 1. The molecule has 6 heteroatoms. The lowest BCUT2D eigenvalue weighted by Gasteiger charge is -2.49. The number of nitrogens with two attached hydrogens (primary N) is 1. The van der Waals surface area contributed by atoms with E-state index in [2.05, 4.69) is 46.1 Å². The summed E-state index contributed by atoms with van der Waals surface area (Å²) in [6, 6.07) is 0. The van der Waals surface area contributed by atoms with Crippen molar-refractivity contribution in [1.82, 2.24) is 15.2 Å². The van der Waals surface area contributed by atoms with Gasteiger partial charge in [-0.3, -0.25) is 21.1 Å². The van der Waals surface area contributed by atoms with Crippen molar-refractivity contribution in [2.45, 2.75) is 45.9 Å². The average molecular weight is 276 g/mol. The first-order chi connectivity index (χ1) is 9.46. The normalized spacial score (nSPS) is 32.5. The predicted octanol–water partition coefficient (Wildman–Crippen LogP) is 1.23. The van der Waals surface area contributed by atoms with E-state index < -0.39 is 5.91 Å². The predicted molar refractivity (Wildman–Crippen MR) is 80.8 cm³/mol. The Hall–Kier alpha value is -1.40. The lowest BCUT2D eigenvalue weighted by Crippen LogP contribution is -2.73. The molecule has 1 atom stereocenters. The number of aliphatic imine (C=N–C) groups is 1. The Morgan fingerprint density at radius 1 is 1.45 bits per heavy atom. The largest absolute Gasteiger partial charge is 0.276 e. The molecule has 0 saturated carbocycles. The molecule has 3 heterocycles. The van der Waals surface area contributed by atoms with Crippen LogP contribution in [0.5, 0.6) is 0 Å². The molecule has 0 bridgehead atoms. The van der Waals surface area contributed by atoms with Gasteiger partial charge in [-0.1, -0.05) is 20.8 Å². The van der Waals surface area contributed by atoms with Crippen LogP contribution in [0.2, 0.25) is 0 Å². The highest BCUT2D eigenvalue weighted by Crippen LogP contribution is 2.34. The van der Waals surface area contributed by atoms with Crippen molar-refractivity contribution in [3.05, 3.63) is 11.9 Å². The Bertz CT molecular complexity index is 492. The minimum Gasteiger partial charge on any atom is -0.276 e. The number of fused-ring (bicyclic) bond motifs is 1. The summed E-state index contributed by atoms with van der Waals surface area (Å²) in [6.45, 7) is 8.66. The Kier molecular flexibility index (Phi) is 3.10. The third-order valence-electron chi connectivity index (χ3n) is 4.35. The van der Waals surface area contributed by atoms with Gasteiger partial charge in [0.15, 0.2) is 5.84 Å². The molecule has 3 aliphatic rings. The maximum atomic E-state index is 6.70. The molecule has 1 fully saturated rings. The average Bonchev–Trinajstić information content (AvgIpc) is 2.77. The van der Waals surface area contributed by atoms with Gasteiger partial charge in [-0.15, -0.1) is 0 Å². The monoisotopic (exact) mass is 276 g/mol. The van der Waals surface area contributed by atoms with E-state index in [1.54, 1.807) is 6.21 Å². The molecule has 20 heavy (non-hydrogen) atoms. The van der Waals surface area contributed by atoms with Crippen molar-refractivity contribution in [1.29, 1.82) is 0 Å². The summed E-state index contributed by atoms with van der Waals surface area (Å²) < 4.78 is 0. The fraction of sp³-hybridized carbons (Fsp3) is 0.714. The molecule has 3 rings (SSSR count). The molecule has 0 aromatic carbocycles. The molecule has 3 aliphatic heterocycles. The molecule has 0 amide bonds. The number of allylic oxidation sites excluding steroid dienone is 1. The van der Waals surface area contributed by atoms with Crippen molar-refractivity contribution in [3.8, 4) is 0 Å². The summed E-state index contributed by atoms with van der Waals surface area (Å²) >= 11 is 0. The second kappa shape index (κ2) is 4.56. The van der Waals surface area contributed by atoms with Crippen molar-refractivity contribution in [3.63, 3.8) is 0 Å². The number of hydrogen-bond donors (Lipinski definition) is 2. The summed E-state index contributed by atoms with van der Waals surface area (Å²) in [5.41, 5.74) is 11.2. The van der Waals surface area contributed by atoms with E-state index in [1.165, 1.54) is 6.42 Å². The molecule has 0 aromatic rings. The van der Waals surface area contributed by atoms with Crippen LogP contribution in [0, 0.1) is 5.41 Å². The highest BCUT2D eigenvalue weighted by molar-refractivity contribution is 6.31. The number of likely N-dealkylation sites (tertiary alicyclic amines) is 1. The molecule has 0 spiro atoms. The summed E-state index contributed by atoms with van der Waals surface area (Å²) in [4.78, 5) is 8.62. The number of nitrogens with zero attached hydrogens (tertiary/aromatic N) is 4. The first-order valence-corrected chi connectivity index (χ1v) is 7.37. The lowest BCUT2D eigenvalue weighted by atomic mass is 9.84. The smallest absolute Gasteiger partial charge is 0.247 e. The van der Waals surface area contributed by atoms with Crippen LogP contribution >= 0.6 is 0 Å². The first kappa shape index (κ1) is 13.6. The van der Waals surface area contributed by atoms with E-state index in [-0.39, 0.29) is 5.41 Å². The number of piperidine rings is 1. The highest BCUT2D eigenvalue weighted by Gasteiger charge is 2.48. The summed E-state index contributed by atoms with van der Waals surface area (Å²) in [5, 5.41) is 4.37. The number of hydrogen-bond acceptors (Lipinski definition) is 6. The van der Waals surface area contributed by atoms with Gasteiger partial charge in [-0.05, 0) is 24.7 Å². The summed E-state index contributed by atoms with van der Waals surface area (Å²) in [5.74, 6) is 0.0385. The van der Waals surface area contributed by atoms with Crippen LogP contribution in [0.3, 0.4) is 0 Å². The van der Waals surface area contributed by atoms with E-state index in [0.29, 0.717) is 0 Å². The topological polar surface area (TPSA) is 69.2 Å². The SMILES string of the molecule is CCC1=CN=CC2=NNC(N)(N3CCCC(C)(C)C3)N12. The quantitative estimate of drug-likeness (QED) is 0.796. The molecule has 110 valence electrons. The second-order valence-electron chi connectivity index (χ2n) is 6.58. The molecule has 0 aliphatic carbocycles. The Balaban J connectivity index is 1.89. The van der Waals surface area contributed by atoms with Crippen LogP contribution in [0.4, 0.5) is 0 Å². The number of hydrazone groups is 1. The van der Waals surface area contributed by atoms with Gasteiger partial charge < -0.3 is 0 Å². The van der Waals surface area contributed by atoms with Gasteiger partial charge in [0.1, 0.15) is 0 Å². The van der Waals surface area contributed by atoms with Gasteiger partial charge in [0.2, 0.25) is 5.91 Å². The van der Waals surface area contributed by atoms with Crippen LogP contribution in [0.25, 0.3) is 0 Å². The fourth-order valence-corrected chi connectivity index (χ4v) is 3.29. The number of amidine groups is 1. The highest BCUT2D eigenvalue weighted by atomic mass is 15.7. The minimum absolute atomic E-state index is 0.287. The van der Waals surface area contributed by atoms with E-state index in [0.717, 1.165) is 37.5 Å². The zero-order valence-electron chi connectivity index (χ0n) is 12.6. The van der Waals surface area contributed by atoms with Crippen molar-refractivity contribution in [2.75, 3.05) is 13.1 Å². The third-order valence-corrected chi connectivity index (χ3v) is 4.35. The van der Waals surface area contributed by atoms with Crippen LogP contribution in [0.1, 0.15) is 40.0 Å². The van der Waals surface area contributed by atoms with Gasteiger partial charge >= 0.3 is 0 Å². The molecule has 0 aromatic heterocycles.